The molecule has 2 fully saturated rings. The molecule has 0 atom stereocenters. The first kappa shape index (κ1) is 14.8. The molecule has 1 aromatic heterocycles. The van der Waals surface area contributed by atoms with Crippen molar-refractivity contribution in [2.75, 3.05) is 31.2 Å². The Morgan fingerprint density at radius 3 is 2.78 bits per heavy atom. The number of aryl methyl sites for hydroxylation is 1. The van der Waals surface area contributed by atoms with Crippen LogP contribution in [0.15, 0.2) is 33.5 Å². The molecule has 1 spiro atoms. The molecule has 4 nitrogen and oxygen atoms in total. The van der Waals surface area contributed by atoms with E-state index in [2.05, 4.69) is 4.90 Å². The third-order valence-electron chi connectivity index (χ3n) is 5.40. The van der Waals surface area contributed by atoms with Gasteiger partial charge in [0.25, 0.3) is 0 Å². The van der Waals surface area contributed by atoms with Crippen LogP contribution in [0.4, 0.5) is 5.88 Å². The Labute approximate surface area is 136 Å². The maximum Gasteiger partial charge on any atom is 0.200 e. The summed E-state index contributed by atoms with van der Waals surface area (Å²) >= 11 is 0. The van der Waals surface area contributed by atoms with Gasteiger partial charge in [0.1, 0.15) is 5.58 Å². The predicted molar refractivity (Wildman–Crippen MR) is 91.2 cm³/mol. The molecule has 0 aliphatic carbocycles. The van der Waals surface area contributed by atoms with E-state index in [-0.39, 0.29) is 5.43 Å². The van der Waals surface area contributed by atoms with Crippen molar-refractivity contribution in [1.82, 2.24) is 0 Å². The molecule has 4 heteroatoms. The van der Waals surface area contributed by atoms with Crippen LogP contribution in [-0.2, 0) is 4.74 Å². The summed E-state index contributed by atoms with van der Waals surface area (Å²) in [5, 5.41) is 0.673. The van der Waals surface area contributed by atoms with Crippen LogP contribution in [0.25, 0.3) is 11.0 Å². The first-order valence-electron chi connectivity index (χ1n) is 8.53. The Balaban J connectivity index is 1.68. The topological polar surface area (TPSA) is 42.7 Å². The first-order chi connectivity index (χ1) is 11.2. The van der Waals surface area contributed by atoms with E-state index in [1.54, 1.807) is 6.07 Å². The van der Waals surface area contributed by atoms with Gasteiger partial charge in [-0.3, -0.25) is 4.79 Å². The Hall–Kier alpha value is -1.81. The number of piperidine rings is 1. The first-order valence-corrected chi connectivity index (χ1v) is 8.53. The number of benzene rings is 1. The lowest BCUT2D eigenvalue weighted by Gasteiger charge is -2.45. The minimum Gasteiger partial charge on any atom is -0.440 e. The number of ether oxygens (including phenoxy) is 1. The summed E-state index contributed by atoms with van der Waals surface area (Å²) in [6.07, 6.45) is 4.63. The number of rotatable bonds is 1. The second-order valence-electron chi connectivity index (χ2n) is 7.09. The highest BCUT2D eigenvalue weighted by Crippen LogP contribution is 2.40. The SMILES string of the molecule is Cc1ccc2oc(N3CCCC4(CCOCC4)C3)cc(=O)c2c1. The molecule has 2 aliphatic rings. The molecule has 122 valence electrons. The van der Waals surface area contributed by atoms with Gasteiger partial charge in [-0.2, -0.15) is 0 Å². The number of nitrogens with zero attached hydrogens (tertiary/aromatic N) is 1. The Morgan fingerprint density at radius 2 is 1.96 bits per heavy atom. The molecular formula is C19H23NO3. The van der Waals surface area contributed by atoms with Gasteiger partial charge in [0.15, 0.2) is 11.3 Å². The van der Waals surface area contributed by atoms with Crippen LogP contribution in [0.2, 0.25) is 0 Å². The van der Waals surface area contributed by atoms with Crippen LogP contribution >= 0.6 is 0 Å². The van der Waals surface area contributed by atoms with Gasteiger partial charge in [0.2, 0.25) is 0 Å². The highest BCUT2D eigenvalue weighted by atomic mass is 16.5. The van der Waals surface area contributed by atoms with Gasteiger partial charge in [0.05, 0.1) is 5.39 Å². The Kier molecular flexibility index (Phi) is 3.64. The molecule has 0 saturated carbocycles. The predicted octanol–water partition coefficient (Wildman–Crippen LogP) is 3.50. The molecule has 0 unspecified atom stereocenters. The average molecular weight is 313 g/mol. The van der Waals surface area contributed by atoms with Crippen molar-refractivity contribution in [1.29, 1.82) is 0 Å². The molecule has 23 heavy (non-hydrogen) atoms. The standard InChI is InChI=1S/C19H23NO3/c1-14-3-4-17-15(11-14)16(21)12-18(23-17)20-8-2-5-19(13-20)6-9-22-10-7-19/h3-4,11-12H,2,5-10,13H2,1H3. The summed E-state index contributed by atoms with van der Waals surface area (Å²) in [5.74, 6) is 0.719. The second kappa shape index (κ2) is 5.68. The fourth-order valence-corrected chi connectivity index (χ4v) is 4.02. The highest BCUT2D eigenvalue weighted by Gasteiger charge is 2.37. The summed E-state index contributed by atoms with van der Waals surface area (Å²) < 4.78 is 11.6. The van der Waals surface area contributed by atoms with Gasteiger partial charge in [-0.15, -0.1) is 0 Å². The maximum atomic E-state index is 12.5. The van der Waals surface area contributed by atoms with E-state index >= 15 is 0 Å². The van der Waals surface area contributed by atoms with E-state index < -0.39 is 0 Å². The Bertz CT molecular complexity index is 768. The third kappa shape index (κ3) is 2.76. The van der Waals surface area contributed by atoms with Crippen molar-refractivity contribution in [2.24, 2.45) is 5.41 Å². The highest BCUT2D eigenvalue weighted by molar-refractivity contribution is 5.78. The molecule has 2 aromatic rings. The number of fused-ring (bicyclic) bond motifs is 1. The molecule has 2 saturated heterocycles. The van der Waals surface area contributed by atoms with Crippen LogP contribution in [-0.4, -0.2) is 26.3 Å². The van der Waals surface area contributed by atoms with E-state index in [1.807, 2.05) is 25.1 Å². The molecular weight excluding hydrogens is 290 g/mol. The minimum atomic E-state index is 0.0524. The van der Waals surface area contributed by atoms with Crippen molar-refractivity contribution in [3.05, 3.63) is 40.1 Å². The zero-order valence-corrected chi connectivity index (χ0v) is 13.6. The monoisotopic (exact) mass is 313 g/mol. The Morgan fingerprint density at radius 1 is 1.13 bits per heavy atom. The lowest BCUT2D eigenvalue weighted by Crippen LogP contribution is -2.46. The summed E-state index contributed by atoms with van der Waals surface area (Å²) in [5.41, 5.74) is 2.15. The average Bonchev–Trinajstić information content (AvgIpc) is 2.56. The van der Waals surface area contributed by atoms with Gasteiger partial charge < -0.3 is 14.1 Å². The van der Waals surface area contributed by atoms with Crippen LogP contribution < -0.4 is 10.3 Å². The van der Waals surface area contributed by atoms with E-state index in [9.17, 15) is 4.79 Å². The molecule has 0 amide bonds. The molecule has 4 rings (SSSR count). The van der Waals surface area contributed by atoms with Gasteiger partial charge in [0, 0.05) is 32.4 Å². The van der Waals surface area contributed by atoms with Gasteiger partial charge in [-0.1, -0.05) is 11.6 Å². The lowest BCUT2D eigenvalue weighted by molar-refractivity contribution is 0.00705. The van der Waals surface area contributed by atoms with E-state index in [0.717, 1.165) is 57.0 Å². The molecule has 0 bridgehead atoms. The van der Waals surface area contributed by atoms with Gasteiger partial charge >= 0.3 is 0 Å². The molecule has 2 aliphatic heterocycles. The van der Waals surface area contributed by atoms with Crippen LogP contribution in [0.1, 0.15) is 31.2 Å². The molecule has 0 radical (unpaired) electrons. The summed E-state index contributed by atoms with van der Waals surface area (Å²) in [6.45, 7) is 5.63. The van der Waals surface area contributed by atoms with Crippen LogP contribution in [0, 0.1) is 12.3 Å². The van der Waals surface area contributed by atoms with E-state index in [4.69, 9.17) is 9.15 Å². The summed E-state index contributed by atoms with van der Waals surface area (Å²) in [4.78, 5) is 14.7. The van der Waals surface area contributed by atoms with E-state index in [0.29, 0.717) is 16.4 Å². The van der Waals surface area contributed by atoms with Crippen molar-refractivity contribution in [3.8, 4) is 0 Å². The van der Waals surface area contributed by atoms with Gasteiger partial charge in [-0.05, 0) is 50.2 Å². The van der Waals surface area contributed by atoms with Gasteiger partial charge in [-0.25, -0.2) is 0 Å². The minimum absolute atomic E-state index is 0.0524. The molecule has 0 N–H and O–H groups in total. The quantitative estimate of drug-likeness (QED) is 0.808. The summed E-state index contributed by atoms with van der Waals surface area (Å²) in [7, 11) is 0. The lowest BCUT2D eigenvalue weighted by atomic mass is 9.74. The maximum absolute atomic E-state index is 12.5. The smallest absolute Gasteiger partial charge is 0.200 e. The van der Waals surface area contributed by atoms with Crippen molar-refractivity contribution in [3.63, 3.8) is 0 Å². The second-order valence-corrected chi connectivity index (χ2v) is 7.09. The number of anilines is 1. The molecule has 3 heterocycles. The van der Waals surface area contributed by atoms with E-state index in [1.165, 1.54) is 6.42 Å². The van der Waals surface area contributed by atoms with Crippen LogP contribution in [0.3, 0.4) is 0 Å². The fourth-order valence-electron chi connectivity index (χ4n) is 4.02. The van der Waals surface area contributed by atoms with Crippen molar-refractivity contribution < 1.29 is 9.15 Å². The number of hydrogen-bond acceptors (Lipinski definition) is 4. The normalized spacial score (nSPS) is 21.0. The fraction of sp³-hybridized carbons (Fsp3) is 0.526. The largest absolute Gasteiger partial charge is 0.440 e. The number of hydrogen-bond donors (Lipinski definition) is 0. The molecule has 1 aromatic carbocycles. The van der Waals surface area contributed by atoms with Crippen LogP contribution in [0.5, 0.6) is 0 Å². The third-order valence-corrected chi connectivity index (χ3v) is 5.40. The van der Waals surface area contributed by atoms with Crippen molar-refractivity contribution in [2.45, 2.75) is 32.6 Å². The zero-order chi connectivity index (χ0) is 15.9. The van der Waals surface area contributed by atoms with Crippen molar-refractivity contribution >= 4 is 16.9 Å². The zero-order valence-electron chi connectivity index (χ0n) is 13.6. The summed E-state index contributed by atoms with van der Waals surface area (Å²) in [6, 6.07) is 7.47.